The first kappa shape index (κ1) is 35.7. The lowest BCUT2D eigenvalue weighted by Crippen LogP contribution is -2.53. The lowest BCUT2D eigenvalue weighted by Gasteiger charge is -2.46. The van der Waals surface area contributed by atoms with Crippen LogP contribution < -0.4 is 4.90 Å². The fraction of sp³-hybridized carbons (Fsp3) is 0.464. The number of carbonyl (C=O) groups is 3. The number of fused-ring (bicyclic) bond motifs is 2. The zero-order valence-corrected chi connectivity index (χ0v) is 24.9. The monoisotopic (exact) mass is 659 g/mol. The van der Waals surface area contributed by atoms with Crippen LogP contribution in [0.3, 0.4) is 0 Å². The molecule has 1 amide bonds. The van der Waals surface area contributed by atoms with Gasteiger partial charge in [0.25, 0.3) is 5.91 Å². The quantitative estimate of drug-likeness (QED) is 0.386. The van der Waals surface area contributed by atoms with E-state index in [-0.39, 0.29) is 17.4 Å². The highest BCUT2D eigenvalue weighted by atomic mass is 19.4. The van der Waals surface area contributed by atoms with Crippen molar-refractivity contribution in [2.75, 3.05) is 24.5 Å². The first-order chi connectivity index (χ1) is 21.3. The molecule has 0 unspecified atom stereocenters. The number of rotatable bonds is 3. The van der Waals surface area contributed by atoms with Crippen molar-refractivity contribution in [1.82, 2.24) is 29.6 Å². The molecule has 250 valence electrons. The number of hydrogen-bond donors (Lipinski definition) is 2. The number of aromatic nitrogens is 5. The van der Waals surface area contributed by atoms with Gasteiger partial charge >= 0.3 is 24.3 Å². The van der Waals surface area contributed by atoms with E-state index in [4.69, 9.17) is 24.9 Å². The maximum absolute atomic E-state index is 13.4. The summed E-state index contributed by atoms with van der Waals surface area (Å²) < 4.78 is 65.5. The molecular formula is C28H31F6N7O5. The Morgan fingerprint density at radius 3 is 1.93 bits per heavy atom. The Morgan fingerprint density at radius 1 is 0.913 bits per heavy atom. The topological polar surface area (TPSA) is 155 Å². The van der Waals surface area contributed by atoms with E-state index in [2.05, 4.69) is 39.9 Å². The summed E-state index contributed by atoms with van der Waals surface area (Å²) in [6.45, 7) is 9.10. The molecule has 3 aromatic heterocycles. The van der Waals surface area contributed by atoms with Crippen LogP contribution in [0.15, 0.2) is 42.9 Å². The Kier molecular flexibility index (Phi) is 11.0. The number of aryl methyl sites for hydroxylation is 1. The summed E-state index contributed by atoms with van der Waals surface area (Å²) in [6.07, 6.45) is -2.68. The first-order valence-corrected chi connectivity index (χ1v) is 13.8. The minimum atomic E-state index is -5.08. The predicted octanol–water partition coefficient (Wildman–Crippen LogP) is 4.42. The fourth-order valence-corrected chi connectivity index (χ4v) is 4.91. The van der Waals surface area contributed by atoms with Crippen molar-refractivity contribution in [2.45, 2.75) is 64.0 Å². The third kappa shape index (κ3) is 8.91. The molecule has 12 nitrogen and oxygen atoms in total. The average Bonchev–Trinajstić information content (AvgIpc) is 3.43. The number of amides is 1. The lowest BCUT2D eigenvalue weighted by molar-refractivity contribution is -0.193. The number of carboxylic acid groups (broad SMARTS) is 2. The summed E-state index contributed by atoms with van der Waals surface area (Å²) in [5.74, 6) is -4.76. The molecule has 1 spiro atoms. The number of alkyl halides is 6. The second-order valence-electron chi connectivity index (χ2n) is 10.8. The third-order valence-corrected chi connectivity index (χ3v) is 7.13. The molecule has 46 heavy (non-hydrogen) atoms. The van der Waals surface area contributed by atoms with Crippen LogP contribution in [0.2, 0.25) is 0 Å². The summed E-state index contributed by atoms with van der Waals surface area (Å²) in [5.41, 5.74) is 3.50. The Balaban J connectivity index is 0.000000345. The van der Waals surface area contributed by atoms with Crippen molar-refractivity contribution in [3.05, 3.63) is 65.5 Å². The van der Waals surface area contributed by atoms with Gasteiger partial charge in [0.05, 0.1) is 5.69 Å². The summed E-state index contributed by atoms with van der Waals surface area (Å²) in [4.78, 5) is 48.7. The number of aliphatic carboxylic acids is 2. The van der Waals surface area contributed by atoms with Gasteiger partial charge in [-0.25, -0.2) is 24.5 Å². The van der Waals surface area contributed by atoms with E-state index < -0.39 is 24.3 Å². The van der Waals surface area contributed by atoms with Gasteiger partial charge in [-0.15, -0.1) is 0 Å². The van der Waals surface area contributed by atoms with E-state index in [0.717, 1.165) is 48.8 Å². The van der Waals surface area contributed by atoms with Crippen LogP contribution in [-0.2, 0) is 21.5 Å². The van der Waals surface area contributed by atoms with Gasteiger partial charge in [-0.05, 0) is 51.8 Å². The van der Waals surface area contributed by atoms with Crippen LogP contribution in [0.1, 0.15) is 60.2 Å². The van der Waals surface area contributed by atoms with Crippen molar-refractivity contribution in [3.63, 3.8) is 0 Å². The number of anilines is 1. The number of nitrogens with zero attached hydrogens (tertiary/aromatic N) is 7. The number of carboxylic acids is 2. The van der Waals surface area contributed by atoms with Crippen molar-refractivity contribution < 1.29 is 50.9 Å². The Labute approximate surface area is 258 Å². The fourth-order valence-electron chi connectivity index (χ4n) is 4.91. The van der Waals surface area contributed by atoms with Crippen LogP contribution in [0.4, 0.5) is 32.3 Å². The summed E-state index contributed by atoms with van der Waals surface area (Å²) >= 11 is 0. The molecule has 2 aliphatic rings. The Hall–Kier alpha value is -4.77. The lowest BCUT2D eigenvalue weighted by atomic mass is 9.72. The molecule has 1 fully saturated rings. The standard InChI is InChI=1S/C24H29N7O.2C2HF3O2/c1-17(2)31-15-19-14-30(22(32)20-7-4-6-18(3)27-20)16-24(21(19)28-31)8-12-29(13-9-24)23-25-10-5-11-26-23;2*3-2(4,5)1(6)7/h4-7,10-11,15,17H,8-9,12-14,16H2,1-3H3;2*(H,6,7). The van der Waals surface area contributed by atoms with Gasteiger partial charge in [0.15, 0.2) is 0 Å². The van der Waals surface area contributed by atoms with E-state index in [0.29, 0.717) is 18.8 Å². The molecule has 0 aromatic carbocycles. The molecule has 5 rings (SSSR count). The molecule has 0 aliphatic carbocycles. The van der Waals surface area contributed by atoms with Gasteiger partial charge in [-0.2, -0.15) is 31.4 Å². The zero-order chi connectivity index (χ0) is 34.4. The van der Waals surface area contributed by atoms with Crippen LogP contribution in [-0.4, -0.2) is 89.7 Å². The van der Waals surface area contributed by atoms with E-state index in [1.807, 2.05) is 40.8 Å². The van der Waals surface area contributed by atoms with E-state index in [1.54, 1.807) is 12.4 Å². The number of halogens is 6. The predicted molar refractivity (Wildman–Crippen MR) is 149 cm³/mol. The zero-order valence-electron chi connectivity index (χ0n) is 24.9. The van der Waals surface area contributed by atoms with Gasteiger partial charge in [-0.1, -0.05) is 6.07 Å². The molecule has 2 aliphatic heterocycles. The minimum Gasteiger partial charge on any atom is -0.475 e. The second-order valence-corrected chi connectivity index (χ2v) is 10.8. The highest BCUT2D eigenvalue weighted by molar-refractivity contribution is 5.92. The molecule has 3 aromatic rings. The highest BCUT2D eigenvalue weighted by Crippen LogP contribution is 2.42. The molecule has 0 atom stereocenters. The molecule has 5 heterocycles. The van der Waals surface area contributed by atoms with Crippen molar-refractivity contribution in [3.8, 4) is 0 Å². The normalized spacial score (nSPS) is 15.7. The van der Waals surface area contributed by atoms with Gasteiger partial charge < -0.3 is 20.0 Å². The van der Waals surface area contributed by atoms with Crippen molar-refractivity contribution in [1.29, 1.82) is 0 Å². The van der Waals surface area contributed by atoms with Crippen LogP contribution in [0, 0.1) is 6.92 Å². The first-order valence-electron chi connectivity index (χ1n) is 13.8. The average molecular weight is 660 g/mol. The van der Waals surface area contributed by atoms with Gasteiger partial charge in [0.1, 0.15) is 5.69 Å². The SMILES string of the molecule is Cc1cccc(C(=O)N2Cc3cn(C(C)C)nc3C3(CCN(c4ncccn4)CC3)C2)n1.O=C(O)C(F)(F)F.O=C(O)C(F)(F)F. The molecule has 18 heteroatoms. The minimum absolute atomic E-state index is 0.00940. The van der Waals surface area contributed by atoms with Crippen LogP contribution in [0.25, 0.3) is 0 Å². The van der Waals surface area contributed by atoms with Gasteiger partial charge in [0, 0.05) is 67.5 Å². The van der Waals surface area contributed by atoms with Gasteiger partial charge in [0.2, 0.25) is 5.95 Å². The van der Waals surface area contributed by atoms with E-state index >= 15 is 0 Å². The van der Waals surface area contributed by atoms with Crippen LogP contribution in [0.5, 0.6) is 0 Å². The van der Waals surface area contributed by atoms with Crippen LogP contribution >= 0.6 is 0 Å². The molecule has 0 saturated carbocycles. The Morgan fingerprint density at radius 2 is 1.46 bits per heavy atom. The second kappa shape index (κ2) is 14.1. The third-order valence-electron chi connectivity index (χ3n) is 7.13. The van der Waals surface area contributed by atoms with E-state index in [1.165, 1.54) is 0 Å². The number of hydrogen-bond acceptors (Lipinski definition) is 8. The molecular weight excluding hydrogens is 628 g/mol. The number of piperidine rings is 1. The summed E-state index contributed by atoms with van der Waals surface area (Å²) in [5, 5.41) is 19.3. The molecule has 1 saturated heterocycles. The number of pyridine rings is 1. The number of carbonyl (C=O) groups excluding carboxylic acids is 1. The maximum Gasteiger partial charge on any atom is 0.490 e. The molecule has 2 N–H and O–H groups in total. The van der Waals surface area contributed by atoms with Gasteiger partial charge in [-0.3, -0.25) is 9.48 Å². The smallest absolute Gasteiger partial charge is 0.475 e. The summed E-state index contributed by atoms with van der Waals surface area (Å²) in [7, 11) is 0. The Bertz CT molecular complexity index is 1500. The van der Waals surface area contributed by atoms with Crippen molar-refractivity contribution >= 4 is 23.8 Å². The highest BCUT2D eigenvalue weighted by Gasteiger charge is 2.46. The van der Waals surface area contributed by atoms with Crippen molar-refractivity contribution in [2.24, 2.45) is 0 Å². The maximum atomic E-state index is 13.4. The summed E-state index contributed by atoms with van der Waals surface area (Å²) in [6, 6.07) is 7.74. The largest absolute Gasteiger partial charge is 0.490 e. The molecule has 0 bridgehead atoms. The van der Waals surface area contributed by atoms with E-state index in [9.17, 15) is 31.1 Å². The molecule has 0 radical (unpaired) electrons.